The van der Waals surface area contributed by atoms with Crippen LogP contribution in [0.25, 0.3) is 0 Å². The molecule has 3 atom stereocenters. The second-order valence-corrected chi connectivity index (χ2v) is 7.26. The molecule has 1 aromatic carbocycles. The molecule has 1 aliphatic rings. The van der Waals surface area contributed by atoms with Crippen molar-refractivity contribution in [3.8, 4) is 0 Å². The van der Waals surface area contributed by atoms with Gasteiger partial charge in [0.05, 0.1) is 16.0 Å². The lowest BCUT2D eigenvalue weighted by molar-refractivity contribution is 0.299. The molecule has 100 valence electrons. The van der Waals surface area contributed by atoms with Crippen molar-refractivity contribution in [3.63, 3.8) is 0 Å². The summed E-state index contributed by atoms with van der Waals surface area (Å²) in [4.78, 5) is 0.722. The van der Waals surface area contributed by atoms with Gasteiger partial charge in [-0.2, -0.15) is 0 Å². The van der Waals surface area contributed by atoms with E-state index < -0.39 is 10.8 Å². The molecule has 1 N–H and O–H groups in total. The van der Waals surface area contributed by atoms with E-state index in [0.717, 1.165) is 17.7 Å². The fraction of sp³-hybridized carbons (Fsp3) is 0.571. The summed E-state index contributed by atoms with van der Waals surface area (Å²) < 4.78 is 25.4. The van der Waals surface area contributed by atoms with Crippen molar-refractivity contribution in [2.24, 2.45) is 5.41 Å². The zero-order chi connectivity index (χ0) is 13.3. The Labute approximate surface area is 110 Å². The van der Waals surface area contributed by atoms with Gasteiger partial charge in [-0.05, 0) is 49.6 Å². The largest absolute Gasteiger partial charge is 0.315 e. The van der Waals surface area contributed by atoms with Crippen LogP contribution in [0.1, 0.15) is 26.7 Å². The molecule has 1 aromatic rings. The van der Waals surface area contributed by atoms with Gasteiger partial charge in [0.1, 0.15) is 5.82 Å². The van der Waals surface area contributed by atoms with E-state index in [9.17, 15) is 8.60 Å². The Hall–Kier alpha value is -0.740. The molecule has 0 radical (unpaired) electrons. The molecule has 18 heavy (non-hydrogen) atoms. The Morgan fingerprint density at radius 1 is 1.33 bits per heavy atom. The van der Waals surface area contributed by atoms with Gasteiger partial charge in [0.2, 0.25) is 0 Å². The highest BCUT2D eigenvalue weighted by Gasteiger charge is 2.43. The molecule has 3 unspecified atom stereocenters. The maximum absolute atomic E-state index is 12.9. The Morgan fingerprint density at radius 3 is 2.50 bits per heavy atom. The van der Waals surface area contributed by atoms with Gasteiger partial charge in [-0.1, -0.05) is 13.8 Å². The van der Waals surface area contributed by atoms with Crippen LogP contribution in [0.5, 0.6) is 0 Å². The van der Waals surface area contributed by atoms with E-state index in [-0.39, 0.29) is 22.5 Å². The van der Waals surface area contributed by atoms with Crippen molar-refractivity contribution in [1.29, 1.82) is 0 Å². The number of rotatable bonds is 3. The minimum atomic E-state index is -1.07. The average molecular weight is 269 g/mol. The smallest absolute Gasteiger partial charge is 0.123 e. The molecule has 0 aromatic heterocycles. The molecule has 0 aliphatic heterocycles. The summed E-state index contributed by atoms with van der Waals surface area (Å²) in [5.74, 6) is -0.285. The molecule has 0 amide bonds. The predicted octanol–water partition coefficient (Wildman–Crippen LogP) is 2.71. The van der Waals surface area contributed by atoms with Gasteiger partial charge in [0.15, 0.2) is 0 Å². The van der Waals surface area contributed by atoms with E-state index in [1.165, 1.54) is 12.1 Å². The van der Waals surface area contributed by atoms with E-state index in [4.69, 9.17) is 0 Å². The van der Waals surface area contributed by atoms with E-state index in [1.54, 1.807) is 12.1 Å². The number of hydrogen-bond acceptors (Lipinski definition) is 2. The standard InChI is InChI=1S/C14H20FNOS/c1-14(2)9-8-12(13(14)16-3)18(17)11-6-4-10(15)5-7-11/h4-7,12-13,16H,8-9H2,1-3H3. The summed E-state index contributed by atoms with van der Waals surface area (Å²) in [5, 5.41) is 3.41. The minimum absolute atomic E-state index is 0.107. The van der Waals surface area contributed by atoms with Crippen LogP contribution in [0.2, 0.25) is 0 Å². The first kappa shape index (κ1) is 13.7. The van der Waals surface area contributed by atoms with E-state index >= 15 is 0 Å². The lowest BCUT2D eigenvalue weighted by Gasteiger charge is -2.30. The third kappa shape index (κ3) is 2.50. The molecular weight excluding hydrogens is 249 g/mol. The average Bonchev–Trinajstić information content (AvgIpc) is 2.64. The topological polar surface area (TPSA) is 29.1 Å². The van der Waals surface area contributed by atoms with E-state index in [2.05, 4.69) is 19.2 Å². The van der Waals surface area contributed by atoms with Crippen LogP contribution in [-0.4, -0.2) is 22.5 Å². The van der Waals surface area contributed by atoms with Crippen LogP contribution in [0.15, 0.2) is 29.2 Å². The normalized spacial score (nSPS) is 28.2. The summed E-state index contributed by atoms with van der Waals surface area (Å²) in [5.41, 5.74) is 0.162. The van der Waals surface area contributed by atoms with Gasteiger partial charge in [-0.25, -0.2) is 4.39 Å². The van der Waals surface area contributed by atoms with Crippen molar-refractivity contribution in [1.82, 2.24) is 5.32 Å². The molecular formula is C14H20FNOS. The number of benzene rings is 1. The number of nitrogens with one attached hydrogen (secondary N) is 1. The zero-order valence-electron chi connectivity index (χ0n) is 11.1. The van der Waals surface area contributed by atoms with Crippen molar-refractivity contribution in [2.75, 3.05) is 7.05 Å². The van der Waals surface area contributed by atoms with Crippen LogP contribution in [0.3, 0.4) is 0 Å². The molecule has 1 fully saturated rings. The van der Waals surface area contributed by atoms with Gasteiger partial charge in [-0.3, -0.25) is 4.21 Å². The van der Waals surface area contributed by atoms with Crippen LogP contribution < -0.4 is 5.32 Å². The Morgan fingerprint density at radius 2 is 1.94 bits per heavy atom. The van der Waals surface area contributed by atoms with Crippen molar-refractivity contribution >= 4 is 10.8 Å². The minimum Gasteiger partial charge on any atom is -0.315 e. The van der Waals surface area contributed by atoms with Gasteiger partial charge < -0.3 is 5.32 Å². The fourth-order valence-electron chi connectivity index (χ4n) is 2.89. The number of halogens is 1. The molecule has 0 heterocycles. The molecule has 1 saturated carbocycles. The summed E-state index contributed by atoms with van der Waals surface area (Å²) >= 11 is 0. The second-order valence-electron chi connectivity index (χ2n) is 5.58. The maximum atomic E-state index is 12.9. The van der Waals surface area contributed by atoms with Crippen molar-refractivity contribution in [2.45, 2.75) is 42.9 Å². The monoisotopic (exact) mass is 269 g/mol. The summed E-state index contributed by atoms with van der Waals surface area (Å²) in [6.45, 7) is 4.41. The summed E-state index contributed by atoms with van der Waals surface area (Å²) in [7, 11) is 0.850. The highest BCUT2D eigenvalue weighted by molar-refractivity contribution is 7.85. The lowest BCUT2D eigenvalue weighted by atomic mass is 9.87. The Balaban J connectivity index is 2.22. The number of hydrogen-bond donors (Lipinski definition) is 1. The first-order valence-electron chi connectivity index (χ1n) is 6.29. The summed E-state index contributed by atoms with van der Waals surface area (Å²) in [6, 6.07) is 6.25. The molecule has 4 heteroatoms. The van der Waals surface area contributed by atoms with Crippen LogP contribution in [0, 0.1) is 11.2 Å². The van der Waals surface area contributed by atoms with Gasteiger partial charge in [-0.15, -0.1) is 0 Å². The van der Waals surface area contributed by atoms with Gasteiger partial charge in [0, 0.05) is 10.9 Å². The zero-order valence-corrected chi connectivity index (χ0v) is 11.9. The van der Waals surface area contributed by atoms with E-state index in [1.807, 2.05) is 7.05 Å². The second kappa shape index (κ2) is 5.10. The predicted molar refractivity (Wildman–Crippen MR) is 72.5 cm³/mol. The first-order valence-corrected chi connectivity index (χ1v) is 7.50. The third-order valence-electron chi connectivity index (χ3n) is 3.92. The van der Waals surface area contributed by atoms with Crippen molar-refractivity contribution < 1.29 is 8.60 Å². The SMILES string of the molecule is CNC1C(S(=O)c2ccc(F)cc2)CCC1(C)C. The first-order chi connectivity index (χ1) is 8.45. The van der Waals surface area contributed by atoms with Crippen molar-refractivity contribution in [3.05, 3.63) is 30.1 Å². The maximum Gasteiger partial charge on any atom is 0.123 e. The molecule has 0 saturated heterocycles. The fourth-order valence-corrected chi connectivity index (χ4v) is 4.73. The summed E-state index contributed by atoms with van der Waals surface area (Å²) in [6.07, 6.45) is 2.01. The Bertz CT molecular complexity index is 444. The highest BCUT2D eigenvalue weighted by atomic mass is 32.2. The highest BCUT2D eigenvalue weighted by Crippen LogP contribution is 2.40. The molecule has 0 bridgehead atoms. The van der Waals surface area contributed by atoms with Crippen LogP contribution in [0.4, 0.5) is 4.39 Å². The quantitative estimate of drug-likeness (QED) is 0.914. The lowest BCUT2D eigenvalue weighted by Crippen LogP contribution is -2.44. The van der Waals surface area contributed by atoms with E-state index in [0.29, 0.717) is 0 Å². The van der Waals surface area contributed by atoms with Gasteiger partial charge >= 0.3 is 0 Å². The molecule has 1 aliphatic carbocycles. The molecule has 0 spiro atoms. The third-order valence-corrected chi connectivity index (χ3v) is 5.71. The van der Waals surface area contributed by atoms with Crippen LogP contribution in [-0.2, 0) is 10.8 Å². The van der Waals surface area contributed by atoms with Crippen LogP contribution >= 0.6 is 0 Å². The van der Waals surface area contributed by atoms with Gasteiger partial charge in [0.25, 0.3) is 0 Å². The molecule has 2 nitrogen and oxygen atoms in total. The Kier molecular flexibility index (Phi) is 3.87. The molecule has 2 rings (SSSR count).